The third-order valence-corrected chi connectivity index (χ3v) is 7.49. The topological polar surface area (TPSA) is 128 Å². The molecule has 1 amide bonds. The van der Waals surface area contributed by atoms with E-state index < -0.39 is 23.8 Å². The van der Waals surface area contributed by atoms with Gasteiger partial charge in [-0.25, -0.2) is 19.3 Å². The number of nitrogens with two attached hydrogens (primary N) is 1. The number of likely N-dealkylation sites (N-methyl/N-ethyl adjacent to an activating group) is 2. The maximum absolute atomic E-state index is 13.9. The monoisotopic (exact) mass is 626 g/mol. The number of aromatic nitrogens is 4. The van der Waals surface area contributed by atoms with Gasteiger partial charge < -0.3 is 31.1 Å². The van der Waals surface area contributed by atoms with Crippen molar-refractivity contribution in [2.75, 3.05) is 73.5 Å². The number of fused-ring (bicyclic) bond motifs is 1. The van der Waals surface area contributed by atoms with Crippen LogP contribution in [0, 0.1) is 6.92 Å². The summed E-state index contributed by atoms with van der Waals surface area (Å²) in [4.78, 5) is 36.0. The van der Waals surface area contributed by atoms with Crippen molar-refractivity contribution >= 4 is 51.6 Å². The molecule has 1 atom stereocenters. The highest BCUT2D eigenvalue weighted by Crippen LogP contribution is 2.35. The van der Waals surface area contributed by atoms with E-state index in [1.165, 1.54) is 12.4 Å². The summed E-state index contributed by atoms with van der Waals surface area (Å²) in [6, 6.07) is 8.33. The second-order valence-corrected chi connectivity index (χ2v) is 11.3. The molecule has 2 aromatic carbocycles. The van der Waals surface area contributed by atoms with E-state index in [1.807, 2.05) is 25.9 Å². The van der Waals surface area contributed by atoms with Crippen molar-refractivity contribution in [1.82, 2.24) is 24.8 Å². The van der Waals surface area contributed by atoms with E-state index in [4.69, 9.17) is 5.73 Å². The van der Waals surface area contributed by atoms with Crippen molar-refractivity contribution in [2.45, 2.75) is 25.7 Å². The number of alkyl halides is 4. The van der Waals surface area contributed by atoms with E-state index >= 15 is 0 Å². The molecule has 15 heteroatoms. The number of nitrogens with one attached hydrogen (secondary N) is 2. The molecule has 0 radical (unpaired) electrons. The molecule has 2 aromatic heterocycles. The van der Waals surface area contributed by atoms with Crippen LogP contribution in [0.1, 0.15) is 27.9 Å². The van der Waals surface area contributed by atoms with E-state index in [9.17, 15) is 22.4 Å². The number of amides is 1. The van der Waals surface area contributed by atoms with E-state index in [0.29, 0.717) is 48.5 Å². The lowest BCUT2D eigenvalue weighted by molar-refractivity contribution is -0.137. The zero-order valence-corrected chi connectivity index (χ0v) is 25.3. The van der Waals surface area contributed by atoms with Gasteiger partial charge in [0.1, 0.15) is 23.5 Å². The maximum atomic E-state index is 13.9. The largest absolute Gasteiger partial charge is 0.416 e. The summed E-state index contributed by atoms with van der Waals surface area (Å²) in [5, 5.41) is 5.79. The summed E-state index contributed by atoms with van der Waals surface area (Å²) in [6.07, 6.45) is -3.93. The molecule has 45 heavy (non-hydrogen) atoms. The number of carbonyl (C=O) groups excluding carboxylic acids is 1. The lowest BCUT2D eigenvalue weighted by Crippen LogP contribution is -2.28. The third kappa shape index (κ3) is 7.30. The van der Waals surface area contributed by atoms with Crippen molar-refractivity contribution in [3.63, 3.8) is 0 Å². The lowest BCUT2D eigenvalue weighted by Gasteiger charge is -2.23. The second-order valence-electron chi connectivity index (χ2n) is 11.3. The van der Waals surface area contributed by atoms with Gasteiger partial charge in [0.15, 0.2) is 11.6 Å². The quantitative estimate of drug-likeness (QED) is 0.221. The van der Waals surface area contributed by atoms with Gasteiger partial charge in [0.25, 0.3) is 5.91 Å². The number of hydrogen-bond acceptors (Lipinski definition) is 10. The molecular weight excluding hydrogens is 592 g/mol. The normalized spacial score (nSPS) is 15.1. The standard InChI is InChI=1S/C30H34F4N10O/c1-17-5-6-18(28(45)38-21-12-19(30(32,33)34)13-22(14-21)43(4)10-9-42(2)3)11-23(17)39-27-25-24(36-16-37-27)26(35)41-29(40-25)44-8-7-20(31)15-44/h5-6,11-14,16,20H,7-10,15H2,1-4H3,(H,38,45)(H2,35,40,41)(H,36,37,39)/t20-/m0/s1. The first kappa shape index (κ1) is 31.6. The van der Waals surface area contributed by atoms with Crippen LogP contribution in [0.3, 0.4) is 0 Å². The van der Waals surface area contributed by atoms with Gasteiger partial charge in [0, 0.05) is 49.3 Å². The number of carbonyl (C=O) groups is 1. The van der Waals surface area contributed by atoms with E-state index in [1.54, 1.807) is 35.0 Å². The zero-order valence-electron chi connectivity index (χ0n) is 25.3. The van der Waals surface area contributed by atoms with Crippen LogP contribution in [-0.4, -0.2) is 84.2 Å². The fraction of sp³-hybridized carbons (Fsp3) is 0.367. The minimum atomic E-state index is -4.60. The van der Waals surface area contributed by atoms with Crippen molar-refractivity contribution < 1.29 is 22.4 Å². The smallest absolute Gasteiger partial charge is 0.382 e. The first-order chi connectivity index (χ1) is 21.3. The summed E-state index contributed by atoms with van der Waals surface area (Å²) in [6.45, 7) is 3.52. The van der Waals surface area contributed by atoms with Gasteiger partial charge in [-0.05, 0) is 63.3 Å². The molecule has 11 nitrogen and oxygen atoms in total. The lowest BCUT2D eigenvalue weighted by atomic mass is 10.1. The van der Waals surface area contributed by atoms with Crippen molar-refractivity contribution in [1.29, 1.82) is 0 Å². The van der Waals surface area contributed by atoms with E-state index in [-0.39, 0.29) is 35.4 Å². The summed E-state index contributed by atoms with van der Waals surface area (Å²) >= 11 is 0. The molecule has 0 aliphatic carbocycles. The third-order valence-electron chi connectivity index (χ3n) is 7.49. The van der Waals surface area contributed by atoms with Crippen LogP contribution < -0.4 is 26.2 Å². The molecule has 0 bridgehead atoms. The maximum Gasteiger partial charge on any atom is 0.416 e. The molecule has 0 saturated carbocycles. The SMILES string of the molecule is Cc1ccc(C(=O)Nc2cc(N(C)CCN(C)C)cc(C(F)(F)F)c2)cc1Nc1ncnc2c(N)nc(N3CC[C@H](F)C3)nc12. The number of halogens is 4. The van der Waals surface area contributed by atoms with Gasteiger partial charge in [-0.2, -0.15) is 18.2 Å². The Hall–Kier alpha value is -4.79. The van der Waals surface area contributed by atoms with Crippen molar-refractivity contribution in [3.05, 3.63) is 59.4 Å². The number of aryl methyl sites for hydroxylation is 1. The Morgan fingerprint density at radius 3 is 2.53 bits per heavy atom. The number of nitrogens with zero attached hydrogens (tertiary/aromatic N) is 7. The highest BCUT2D eigenvalue weighted by Gasteiger charge is 2.32. The summed E-state index contributed by atoms with van der Waals surface area (Å²) in [5.74, 6) is 0.0573. The molecule has 0 spiro atoms. The Labute approximate surface area is 257 Å². The van der Waals surface area contributed by atoms with Crippen molar-refractivity contribution in [3.8, 4) is 0 Å². The predicted octanol–water partition coefficient (Wildman–Crippen LogP) is 4.87. The highest BCUT2D eigenvalue weighted by atomic mass is 19.4. The first-order valence-electron chi connectivity index (χ1n) is 14.2. The van der Waals surface area contributed by atoms with Crippen LogP contribution in [0.25, 0.3) is 11.0 Å². The molecule has 4 aromatic rings. The van der Waals surface area contributed by atoms with Crippen LogP contribution in [0.2, 0.25) is 0 Å². The highest BCUT2D eigenvalue weighted by molar-refractivity contribution is 6.05. The molecular formula is C30H34F4N10O. The molecule has 4 N–H and O–H groups in total. The van der Waals surface area contributed by atoms with Crippen LogP contribution in [0.15, 0.2) is 42.7 Å². The number of hydrogen-bond donors (Lipinski definition) is 3. The molecule has 3 heterocycles. The number of benzene rings is 2. The molecule has 1 fully saturated rings. The summed E-state index contributed by atoms with van der Waals surface area (Å²) in [5.41, 5.74) is 7.69. The molecule has 1 saturated heterocycles. The predicted molar refractivity (Wildman–Crippen MR) is 167 cm³/mol. The number of anilines is 6. The van der Waals surface area contributed by atoms with Crippen LogP contribution in [0.4, 0.5) is 52.2 Å². The first-order valence-corrected chi connectivity index (χ1v) is 14.2. The van der Waals surface area contributed by atoms with Gasteiger partial charge in [0.05, 0.1) is 12.1 Å². The molecule has 5 rings (SSSR count). The molecule has 0 unspecified atom stereocenters. The fourth-order valence-electron chi connectivity index (χ4n) is 4.87. The Morgan fingerprint density at radius 1 is 1.07 bits per heavy atom. The minimum Gasteiger partial charge on any atom is -0.382 e. The van der Waals surface area contributed by atoms with E-state index in [0.717, 1.165) is 17.7 Å². The van der Waals surface area contributed by atoms with Gasteiger partial charge in [-0.15, -0.1) is 0 Å². The van der Waals surface area contributed by atoms with Crippen molar-refractivity contribution in [2.24, 2.45) is 0 Å². The second kappa shape index (κ2) is 12.7. The average molecular weight is 627 g/mol. The fourth-order valence-corrected chi connectivity index (χ4v) is 4.87. The van der Waals surface area contributed by atoms with Crippen LogP contribution in [0.5, 0.6) is 0 Å². The van der Waals surface area contributed by atoms with Gasteiger partial charge in [-0.1, -0.05) is 6.07 Å². The van der Waals surface area contributed by atoms with Gasteiger partial charge >= 0.3 is 6.18 Å². The number of rotatable bonds is 9. The molecule has 1 aliphatic heterocycles. The Kier molecular flexibility index (Phi) is 8.91. The molecule has 1 aliphatic rings. The van der Waals surface area contributed by atoms with Gasteiger partial charge in [-0.3, -0.25) is 4.79 Å². The van der Waals surface area contributed by atoms with Crippen LogP contribution in [-0.2, 0) is 6.18 Å². The summed E-state index contributed by atoms with van der Waals surface area (Å²) in [7, 11) is 5.45. The van der Waals surface area contributed by atoms with Crippen LogP contribution >= 0.6 is 0 Å². The average Bonchev–Trinajstić information content (AvgIpc) is 3.42. The Bertz CT molecular complexity index is 1710. The minimum absolute atomic E-state index is 0.00976. The van der Waals surface area contributed by atoms with Gasteiger partial charge in [0.2, 0.25) is 5.95 Å². The summed E-state index contributed by atoms with van der Waals surface area (Å²) < 4.78 is 55.1. The Morgan fingerprint density at radius 2 is 1.84 bits per heavy atom. The molecule has 238 valence electrons. The Balaban J connectivity index is 1.42. The zero-order chi connectivity index (χ0) is 32.5. The van der Waals surface area contributed by atoms with E-state index in [2.05, 4.69) is 30.6 Å². The number of nitrogen functional groups attached to an aromatic ring is 1.